The molecular formula is C26H27N9O8S3. The van der Waals surface area contributed by atoms with Crippen LogP contribution in [0.25, 0.3) is 0 Å². The van der Waals surface area contributed by atoms with Gasteiger partial charge in [-0.3, -0.25) is 39.3 Å². The van der Waals surface area contributed by atoms with E-state index in [2.05, 4.69) is 25.7 Å². The number of carboxylic acid groups (broad SMARTS) is 1. The molecule has 3 aliphatic heterocycles. The first kappa shape index (κ1) is 32.7. The second-order valence-corrected chi connectivity index (χ2v) is 13.8. The fraction of sp³-hybridized carbons (Fsp3) is 0.308. The highest BCUT2D eigenvalue weighted by Gasteiger charge is 2.55. The first-order chi connectivity index (χ1) is 21.8. The van der Waals surface area contributed by atoms with Gasteiger partial charge in [-0.1, -0.05) is 12.1 Å². The number of amides is 5. The number of carbonyl (C=O) groups is 5. The van der Waals surface area contributed by atoms with E-state index in [-0.39, 0.29) is 33.3 Å². The van der Waals surface area contributed by atoms with Crippen LogP contribution in [0.2, 0.25) is 0 Å². The van der Waals surface area contributed by atoms with Crippen molar-refractivity contribution in [2.75, 3.05) is 28.8 Å². The van der Waals surface area contributed by atoms with Gasteiger partial charge in [0.1, 0.15) is 39.2 Å². The summed E-state index contributed by atoms with van der Waals surface area (Å²) >= 11 is 4.22. The van der Waals surface area contributed by atoms with Crippen LogP contribution in [-0.2, 0) is 19.2 Å². The molecule has 3 unspecified atom stereocenters. The quantitative estimate of drug-likeness (QED) is 0.147. The number of nitrogens with two attached hydrogens (primary N) is 1. The third kappa shape index (κ3) is 6.63. The van der Waals surface area contributed by atoms with Crippen LogP contribution in [0.3, 0.4) is 0 Å². The van der Waals surface area contributed by atoms with Crippen molar-refractivity contribution in [2.45, 2.75) is 29.0 Å². The number of carbonyl (C=O) groups excluding carboxylic acids is 4. The summed E-state index contributed by atoms with van der Waals surface area (Å²) in [5, 5.41) is 28.1. The smallest absolute Gasteiger partial charge is 0.352 e. The van der Waals surface area contributed by atoms with Crippen LogP contribution in [0.15, 0.2) is 51.6 Å². The minimum absolute atomic E-state index is 0.0107. The van der Waals surface area contributed by atoms with E-state index in [0.29, 0.717) is 16.2 Å². The van der Waals surface area contributed by atoms with Gasteiger partial charge in [-0.2, -0.15) is 5.10 Å². The van der Waals surface area contributed by atoms with Gasteiger partial charge in [-0.25, -0.2) is 19.0 Å². The Hall–Kier alpha value is -4.69. The van der Waals surface area contributed by atoms with Crippen molar-refractivity contribution in [1.82, 2.24) is 24.6 Å². The number of β-lactam (4-membered cyclic amide) rings is 1. The zero-order valence-corrected chi connectivity index (χ0v) is 26.5. The Morgan fingerprint density at radius 1 is 1.24 bits per heavy atom. The van der Waals surface area contributed by atoms with E-state index in [9.17, 15) is 39.0 Å². The number of fused-ring (bicyclic) bond motifs is 1. The average molecular weight is 690 g/mol. The summed E-state index contributed by atoms with van der Waals surface area (Å²) in [4.78, 5) is 84.8. The molecule has 5 rings (SSSR count). The number of phenolic OH excluding ortho intramolecular Hbond substituents is 1. The van der Waals surface area contributed by atoms with Crippen molar-refractivity contribution in [2.24, 2.45) is 10.8 Å². The van der Waals surface area contributed by atoms with Gasteiger partial charge < -0.3 is 21.3 Å². The lowest BCUT2D eigenvalue weighted by atomic mass is 10.00. The number of anilines is 2. The summed E-state index contributed by atoms with van der Waals surface area (Å²) in [7, 11) is 1.80. The second kappa shape index (κ2) is 13.3. The maximum atomic E-state index is 13.9. The van der Waals surface area contributed by atoms with Crippen molar-refractivity contribution in [3.8, 4) is 5.75 Å². The number of aromatic hydroxyl groups is 1. The number of H-pyrrole nitrogens is 1. The van der Waals surface area contributed by atoms with E-state index < -0.39 is 58.4 Å². The average Bonchev–Trinajstić information content (AvgIpc) is 3.42. The van der Waals surface area contributed by atoms with Crippen molar-refractivity contribution in [1.29, 1.82) is 0 Å². The third-order valence-electron chi connectivity index (χ3n) is 6.86. The highest BCUT2D eigenvalue weighted by molar-refractivity contribution is 8.17. The maximum Gasteiger partial charge on any atom is 0.352 e. The molecule has 1 aromatic heterocycles. The summed E-state index contributed by atoms with van der Waals surface area (Å²) in [6.07, 6.45) is 2.69. The van der Waals surface area contributed by atoms with E-state index >= 15 is 0 Å². The van der Waals surface area contributed by atoms with E-state index in [1.54, 1.807) is 17.7 Å². The lowest BCUT2D eigenvalue weighted by Gasteiger charge is -2.49. The van der Waals surface area contributed by atoms with Crippen LogP contribution in [0.5, 0.6) is 5.75 Å². The molecular weight excluding hydrogens is 663 g/mol. The summed E-state index contributed by atoms with van der Waals surface area (Å²) < 4.78 is 1.68. The fourth-order valence-electron chi connectivity index (χ4n) is 4.89. The van der Waals surface area contributed by atoms with Gasteiger partial charge in [0.2, 0.25) is 17.8 Å². The first-order valence-electron chi connectivity index (χ1n) is 13.4. The lowest BCUT2D eigenvalue weighted by Crippen LogP contribution is -2.71. The van der Waals surface area contributed by atoms with Crippen LogP contribution >= 0.6 is 35.5 Å². The number of urea groups is 1. The Morgan fingerprint density at radius 3 is 2.54 bits per heavy atom. The Kier molecular flexibility index (Phi) is 9.49. The number of aromatic nitrogens is 2. The molecule has 1 saturated heterocycles. The molecule has 0 radical (unpaired) electrons. The molecule has 2 aromatic rings. The second-order valence-electron chi connectivity index (χ2n) is 10.00. The molecule has 1 fully saturated rings. The van der Waals surface area contributed by atoms with Crippen LogP contribution in [0.1, 0.15) is 18.5 Å². The predicted molar refractivity (Wildman–Crippen MR) is 172 cm³/mol. The van der Waals surface area contributed by atoms with Gasteiger partial charge >= 0.3 is 12.0 Å². The summed E-state index contributed by atoms with van der Waals surface area (Å²) in [6, 6.07) is 1.13. The van der Waals surface area contributed by atoms with Crippen LogP contribution in [0.4, 0.5) is 16.4 Å². The van der Waals surface area contributed by atoms with Crippen molar-refractivity contribution in [3.05, 3.63) is 57.6 Å². The number of hydrogen-bond acceptors (Lipinski definition) is 13. The number of primary amides is 1. The SMILES string of the molecule is CC(=O)Nc1ncc(N(C(N)=O)C(C(=O)NC2C(=O)N3C(C(=O)O)=C(CSC4C=NN(C)S4)CS[C@@H]23)c2ccc(O)cc2)c(=O)[nH]1. The third-order valence-corrected chi connectivity index (χ3v) is 10.6. The highest BCUT2D eigenvalue weighted by Crippen LogP contribution is 2.42. The number of carboxylic acids is 1. The topological polar surface area (TPSA) is 244 Å². The highest BCUT2D eigenvalue weighted by atomic mass is 32.2. The van der Waals surface area contributed by atoms with Crippen molar-refractivity contribution in [3.63, 3.8) is 0 Å². The fourth-order valence-corrected chi connectivity index (χ4v) is 8.44. The number of nitrogens with one attached hydrogen (secondary N) is 3. The van der Waals surface area contributed by atoms with Crippen LogP contribution in [-0.4, -0.2) is 100.0 Å². The molecule has 4 heterocycles. The number of nitrogens with zero attached hydrogens (tertiary/aromatic N) is 5. The monoisotopic (exact) mass is 689 g/mol. The largest absolute Gasteiger partial charge is 0.508 e. The normalized spacial score (nSPS) is 20.9. The molecule has 0 saturated carbocycles. The Balaban J connectivity index is 1.41. The molecule has 0 bridgehead atoms. The molecule has 1 aromatic carbocycles. The van der Waals surface area contributed by atoms with Gasteiger partial charge in [0.25, 0.3) is 11.5 Å². The van der Waals surface area contributed by atoms with E-state index in [1.807, 2.05) is 0 Å². The predicted octanol–water partition coefficient (Wildman–Crippen LogP) is 0.438. The summed E-state index contributed by atoms with van der Waals surface area (Å²) in [5.74, 6) is -3.12. The van der Waals surface area contributed by atoms with Gasteiger partial charge in [-0.05, 0) is 35.2 Å². The van der Waals surface area contributed by atoms with Crippen molar-refractivity contribution >= 4 is 83.0 Å². The van der Waals surface area contributed by atoms with E-state index in [0.717, 1.165) is 11.1 Å². The molecule has 7 N–H and O–H groups in total. The Morgan fingerprint density at radius 2 is 1.96 bits per heavy atom. The van der Waals surface area contributed by atoms with Crippen LogP contribution < -0.4 is 26.8 Å². The lowest BCUT2D eigenvalue weighted by molar-refractivity contribution is -0.150. The Bertz CT molecular complexity index is 1720. The number of rotatable bonds is 10. The number of aliphatic carboxylic acids is 1. The summed E-state index contributed by atoms with van der Waals surface area (Å²) in [6.45, 7) is 1.20. The molecule has 242 valence electrons. The first-order valence-corrected chi connectivity index (χ1v) is 16.3. The standard InChI is InChI=1S/C26H27N9O8S3/c1-11(36)30-26-28-7-15(20(38)32-26)34(25(27)43)18(12-3-5-14(37)6-4-12)21(39)31-17-22(40)35-19(24(41)42)13(10-45-23(17)35)9-44-16-8-29-33(2)46-16/h3-8,16-18,23,37H,9-10H2,1-2H3,(H2,27,43)(H,31,39)(H,41,42)(H2,28,30,32,36,38)/t16?,17?,18?,23-/m0/s1. The zero-order chi connectivity index (χ0) is 33.3. The Labute approximate surface area is 273 Å². The van der Waals surface area contributed by atoms with Gasteiger partial charge in [0, 0.05) is 25.5 Å². The number of hydrazone groups is 1. The molecule has 0 aliphatic carbocycles. The molecule has 17 nitrogen and oxygen atoms in total. The van der Waals surface area contributed by atoms with Gasteiger partial charge in [0.05, 0.1) is 12.4 Å². The van der Waals surface area contributed by atoms with Gasteiger partial charge in [-0.15, -0.1) is 23.5 Å². The van der Waals surface area contributed by atoms with E-state index in [1.165, 1.54) is 66.7 Å². The number of benzene rings is 1. The number of phenols is 1. The molecule has 46 heavy (non-hydrogen) atoms. The van der Waals surface area contributed by atoms with Gasteiger partial charge in [0.15, 0.2) is 0 Å². The number of hydrogen-bond donors (Lipinski definition) is 6. The molecule has 0 spiro atoms. The molecule has 5 amide bonds. The van der Waals surface area contributed by atoms with Crippen molar-refractivity contribution < 1.29 is 34.2 Å². The zero-order valence-electron chi connectivity index (χ0n) is 24.1. The number of thioether (sulfide) groups is 2. The minimum Gasteiger partial charge on any atom is -0.508 e. The molecule has 20 heteroatoms. The van der Waals surface area contributed by atoms with Crippen LogP contribution in [0, 0.1) is 0 Å². The maximum absolute atomic E-state index is 13.9. The van der Waals surface area contributed by atoms with E-state index in [4.69, 9.17) is 5.73 Å². The summed E-state index contributed by atoms with van der Waals surface area (Å²) in [5.41, 5.74) is 4.82. The molecule has 3 aliphatic rings. The minimum atomic E-state index is -1.63. The number of aromatic amines is 1. The molecule has 4 atom stereocenters.